The molecular weight excluding hydrogens is 518 g/mol. The van der Waals surface area contributed by atoms with E-state index in [9.17, 15) is 19.5 Å². The smallest absolute Gasteiger partial charge is 0.408 e. The van der Waals surface area contributed by atoms with Crippen molar-refractivity contribution in [1.82, 2.24) is 10.2 Å². The second-order valence-electron chi connectivity index (χ2n) is 11.1. The molecule has 2 atom stereocenters. The number of carbonyl (C=O) groups is 3. The Kier molecular flexibility index (Phi) is 11.1. The lowest BCUT2D eigenvalue weighted by Gasteiger charge is -2.43. The van der Waals surface area contributed by atoms with Crippen molar-refractivity contribution in [3.63, 3.8) is 0 Å². The Hall–Kier alpha value is -3.40. The predicted molar refractivity (Wildman–Crippen MR) is 155 cm³/mol. The highest BCUT2D eigenvalue weighted by atomic mass is 32.2. The van der Waals surface area contributed by atoms with Crippen molar-refractivity contribution in [3.8, 4) is 11.5 Å². The molecule has 10 heteroatoms. The molecule has 0 spiro atoms. The Morgan fingerprint density at radius 2 is 1.56 bits per heavy atom. The largest absolute Gasteiger partial charge is 0.508 e. The summed E-state index contributed by atoms with van der Waals surface area (Å²) < 4.78 is 10.6. The normalized spacial score (nSPS) is 13.1. The number of hydrogen-bond donors (Lipinski definition) is 3. The van der Waals surface area contributed by atoms with Crippen molar-refractivity contribution in [1.29, 1.82) is 0 Å². The molecule has 3 N–H and O–H groups in total. The van der Waals surface area contributed by atoms with Gasteiger partial charge < -0.3 is 30.1 Å². The van der Waals surface area contributed by atoms with Gasteiger partial charge in [0.05, 0.1) is 7.11 Å². The lowest BCUT2D eigenvalue weighted by atomic mass is 9.95. The molecule has 39 heavy (non-hydrogen) atoms. The fraction of sp³-hybridized carbons (Fsp3) is 0.483. The lowest BCUT2D eigenvalue weighted by Crippen LogP contribution is -2.58. The fourth-order valence-electron chi connectivity index (χ4n) is 3.92. The van der Waals surface area contributed by atoms with Crippen LogP contribution in [-0.4, -0.2) is 64.2 Å². The van der Waals surface area contributed by atoms with Gasteiger partial charge in [0.1, 0.15) is 29.2 Å². The molecule has 2 aromatic rings. The van der Waals surface area contributed by atoms with E-state index in [1.54, 1.807) is 76.0 Å². The number of anilines is 1. The van der Waals surface area contributed by atoms with Gasteiger partial charge in [-0.25, -0.2) is 4.79 Å². The topological polar surface area (TPSA) is 117 Å². The Morgan fingerprint density at radius 1 is 0.974 bits per heavy atom. The minimum Gasteiger partial charge on any atom is -0.508 e. The standard InChI is InChI=1S/C29H41N3O6S/c1-28(2,3)32(26(35)23(17-18-39-8)31-27(36)38-29(4,5)6)24(19-9-13-21(33)14-10-19)25(34)30-20-11-15-22(37-7)16-12-20/h9-16,23-24,33H,17-18H2,1-8H3,(H,30,34)(H,31,36). The molecule has 0 saturated carbocycles. The number of phenols is 1. The van der Waals surface area contributed by atoms with Crippen LogP contribution >= 0.6 is 11.8 Å². The van der Waals surface area contributed by atoms with Crippen molar-refractivity contribution in [2.24, 2.45) is 0 Å². The molecule has 0 aliphatic carbocycles. The van der Waals surface area contributed by atoms with Crippen molar-refractivity contribution < 1.29 is 29.0 Å². The maximum absolute atomic E-state index is 14.2. The Bertz CT molecular complexity index is 1110. The van der Waals surface area contributed by atoms with Gasteiger partial charge in [-0.15, -0.1) is 0 Å². The average Bonchev–Trinajstić information content (AvgIpc) is 2.84. The molecule has 0 aliphatic rings. The van der Waals surface area contributed by atoms with Crippen LogP contribution in [0.15, 0.2) is 48.5 Å². The Labute approximate surface area is 235 Å². The minimum absolute atomic E-state index is 0.0335. The van der Waals surface area contributed by atoms with E-state index >= 15 is 0 Å². The van der Waals surface area contributed by atoms with Crippen LogP contribution in [0.4, 0.5) is 10.5 Å². The van der Waals surface area contributed by atoms with Crippen LogP contribution in [0.1, 0.15) is 59.6 Å². The van der Waals surface area contributed by atoms with Crippen LogP contribution in [0.2, 0.25) is 0 Å². The number of methoxy groups -OCH3 is 1. The highest BCUT2D eigenvalue weighted by molar-refractivity contribution is 7.98. The molecular formula is C29H41N3O6S. The number of nitrogens with one attached hydrogen (secondary N) is 2. The summed E-state index contributed by atoms with van der Waals surface area (Å²) in [5.74, 6) is 0.400. The molecule has 0 radical (unpaired) electrons. The summed E-state index contributed by atoms with van der Waals surface area (Å²) in [5.41, 5.74) is -0.544. The molecule has 0 heterocycles. The van der Waals surface area contributed by atoms with E-state index in [0.717, 1.165) is 0 Å². The van der Waals surface area contributed by atoms with E-state index in [1.807, 2.05) is 27.0 Å². The van der Waals surface area contributed by atoms with E-state index in [-0.39, 0.29) is 5.75 Å². The summed E-state index contributed by atoms with van der Waals surface area (Å²) in [7, 11) is 1.56. The number of aromatic hydroxyl groups is 1. The van der Waals surface area contributed by atoms with Crippen LogP contribution in [0.5, 0.6) is 11.5 Å². The van der Waals surface area contributed by atoms with E-state index in [0.29, 0.717) is 29.2 Å². The third kappa shape index (κ3) is 9.69. The number of ether oxygens (including phenoxy) is 2. The summed E-state index contributed by atoms with van der Waals surface area (Å²) in [6.07, 6.45) is 1.55. The number of hydrogen-bond acceptors (Lipinski definition) is 7. The minimum atomic E-state index is -1.07. The molecule has 0 aromatic heterocycles. The molecule has 0 aliphatic heterocycles. The monoisotopic (exact) mass is 559 g/mol. The van der Waals surface area contributed by atoms with Gasteiger partial charge in [-0.05, 0) is 102 Å². The third-order valence-corrected chi connectivity index (χ3v) is 6.28. The summed E-state index contributed by atoms with van der Waals surface area (Å²) in [6, 6.07) is 11.0. The van der Waals surface area contributed by atoms with E-state index in [2.05, 4.69) is 10.6 Å². The van der Waals surface area contributed by atoms with Gasteiger partial charge in [0.15, 0.2) is 0 Å². The van der Waals surface area contributed by atoms with Crippen LogP contribution in [-0.2, 0) is 14.3 Å². The lowest BCUT2D eigenvalue weighted by molar-refractivity contribution is -0.146. The summed E-state index contributed by atoms with van der Waals surface area (Å²) in [4.78, 5) is 42.3. The second kappa shape index (κ2) is 13.6. The zero-order valence-corrected chi connectivity index (χ0v) is 24.8. The first-order valence-electron chi connectivity index (χ1n) is 12.7. The second-order valence-corrected chi connectivity index (χ2v) is 12.1. The Balaban J connectivity index is 2.54. The fourth-order valence-corrected chi connectivity index (χ4v) is 4.39. The Morgan fingerprint density at radius 3 is 2.05 bits per heavy atom. The predicted octanol–water partition coefficient (Wildman–Crippen LogP) is 5.35. The first-order chi connectivity index (χ1) is 18.2. The first-order valence-corrected chi connectivity index (χ1v) is 14.1. The van der Waals surface area contributed by atoms with Gasteiger partial charge in [0.2, 0.25) is 5.91 Å². The molecule has 0 saturated heterocycles. The molecule has 3 amide bonds. The van der Waals surface area contributed by atoms with Gasteiger partial charge >= 0.3 is 6.09 Å². The molecule has 2 aromatic carbocycles. The molecule has 0 bridgehead atoms. The van der Waals surface area contributed by atoms with Gasteiger partial charge in [0, 0.05) is 11.2 Å². The highest BCUT2D eigenvalue weighted by Gasteiger charge is 2.41. The molecule has 214 valence electrons. The number of amides is 3. The quantitative estimate of drug-likeness (QED) is 0.359. The van der Waals surface area contributed by atoms with Gasteiger partial charge in [-0.2, -0.15) is 11.8 Å². The van der Waals surface area contributed by atoms with E-state index in [1.165, 1.54) is 17.0 Å². The summed E-state index contributed by atoms with van der Waals surface area (Å²) >= 11 is 1.54. The van der Waals surface area contributed by atoms with Crippen molar-refractivity contribution in [2.75, 3.05) is 24.4 Å². The van der Waals surface area contributed by atoms with Gasteiger partial charge in [0.25, 0.3) is 5.91 Å². The van der Waals surface area contributed by atoms with Crippen molar-refractivity contribution in [3.05, 3.63) is 54.1 Å². The van der Waals surface area contributed by atoms with Crippen molar-refractivity contribution >= 4 is 35.4 Å². The zero-order valence-electron chi connectivity index (χ0n) is 24.0. The van der Waals surface area contributed by atoms with Gasteiger partial charge in [-0.3, -0.25) is 9.59 Å². The van der Waals surface area contributed by atoms with Crippen LogP contribution in [0.3, 0.4) is 0 Å². The molecule has 9 nitrogen and oxygen atoms in total. The van der Waals surface area contributed by atoms with Crippen LogP contribution in [0, 0.1) is 0 Å². The zero-order chi connectivity index (χ0) is 29.4. The number of thioether (sulfide) groups is 1. The highest BCUT2D eigenvalue weighted by Crippen LogP contribution is 2.32. The van der Waals surface area contributed by atoms with Gasteiger partial charge in [-0.1, -0.05) is 12.1 Å². The maximum Gasteiger partial charge on any atom is 0.408 e. The first kappa shape index (κ1) is 31.8. The average molecular weight is 560 g/mol. The number of alkyl carbamates (subject to hydrolysis) is 1. The van der Waals surface area contributed by atoms with Crippen LogP contribution < -0.4 is 15.4 Å². The van der Waals surface area contributed by atoms with Crippen LogP contribution in [0.25, 0.3) is 0 Å². The number of benzene rings is 2. The summed E-state index contributed by atoms with van der Waals surface area (Å²) in [6.45, 7) is 10.7. The SMILES string of the molecule is COc1ccc(NC(=O)C(c2ccc(O)cc2)N(C(=O)C(CCSC)NC(=O)OC(C)(C)C)C(C)(C)C)cc1. The van der Waals surface area contributed by atoms with E-state index < -0.39 is 41.1 Å². The third-order valence-electron chi connectivity index (χ3n) is 5.63. The molecule has 2 rings (SSSR count). The number of rotatable bonds is 10. The maximum atomic E-state index is 14.2. The number of nitrogens with zero attached hydrogens (tertiary/aromatic N) is 1. The molecule has 0 fully saturated rings. The summed E-state index contributed by atoms with van der Waals surface area (Å²) in [5, 5.41) is 15.5. The number of phenolic OH excluding ortho intramolecular Hbond substituents is 1. The van der Waals surface area contributed by atoms with E-state index in [4.69, 9.17) is 9.47 Å². The number of carbonyl (C=O) groups excluding carboxylic acids is 3. The molecule has 2 unspecified atom stereocenters. The van der Waals surface area contributed by atoms with Crippen molar-refractivity contribution in [2.45, 2.75) is 71.2 Å².